The van der Waals surface area contributed by atoms with Crippen molar-refractivity contribution in [3.8, 4) is 0 Å². The Kier molecular flexibility index (Phi) is 4.93. The number of amides is 1. The molecule has 0 spiro atoms. The topological polar surface area (TPSA) is 79.3 Å². The van der Waals surface area contributed by atoms with E-state index in [0.29, 0.717) is 20.6 Å². The molecule has 1 heterocycles. The Morgan fingerprint density at radius 3 is 2.67 bits per heavy atom. The van der Waals surface area contributed by atoms with E-state index in [9.17, 15) is 9.59 Å². The molecule has 0 aliphatic heterocycles. The lowest BCUT2D eigenvalue weighted by atomic mass is 10.2. The van der Waals surface area contributed by atoms with Gasteiger partial charge in [0.2, 0.25) is 0 Å². The van der Waals surface area contributed by atoms with Gasteiger partial charge in [0.05, 0.1) is 5.56 Å². The second kappa shape index (κ2) is 6.69. The number of benzene rings is 1. The van der Waals surface area contributed by atoms with Gasteiger partial charge >= 0.3 is 5.97 Å². The summed E-state index contributed by atoms with van der Waals surface area (Å²) in [5.74, 6) is -1.37. The molecule has 0 aliphatic carbocycles. The Hall–Kier alpha value is -1.92. The number of carbonyl (C=O) groups excluding carboxylic acids is 1. The summed E-state index contributed by atoms with van der Waals surface area (Å²) in [7, 11) is 0. The molecule has 0 aliphatic rings. The first-order valence-corrected chi connectivity index (χ1v) is 7.06. The van der Waals surface area contributed by atoms with Gasteiger partial charge in [0.25, 0.3) is 5.91 Å². The number of nitrogens with zero attached hydrogens (tertiary/aromatic N) is 1. The minimum atomic E-state index is -1.09. The van der Waals surface area contributed by atoms with Crippen LogP contribution in [-0.4, -0.2) is 22.0 Å². The fourth-order valence-corrected chi connectivity index (χ4v) is 2.20. The number of halogens is 2. The van der Waals surface area contributed by atoms with E-state index in [1.807, 2.05) is 0 Å². The maximum Gasteiger partial charge on any atom is 0.354 e. The average Bonchev–Trinajstić information content (AvgIpc) is 2.47. The highest BCUT2D eigenvalue weighted by Crippen LogP contribution is 2.21. The Labute approximate surface area is 134 Å². The molecule has 0 atom stereocenters. The second-order valence-corrected chi connectivity index (χ2v) is 5.45. The quantitative estimate of drug-likeness (QED) is 0.868. The van der Waals surface area contributed by atoms with Gasteiger partial charge in [0, 0.05) is 22.2 Å². The number of carboxylic acid groups (broad SMARTS) is 1. The fourth-order valence-electron chi connectivity index (χ4n) is 1.60. The van der Waals surface area contributed by atoms with Crippen molar-refractivity contribution < 1.29 is 14.7 Å². The highest BCUT2D eigenvalue weighted by Gasteiger charge is 2.11. The van der Waals surface area contributed by atoms with Crippen LogP contribution in [0, 0.1) is 0 Å². The van der Waals surface area contributed by atoms with E-state index in [1.54, 1.807) is 24.3 Å². The van der Waals surface area contributed by atoms with Gasteiger partial charge in [0.1, 0.15) is 5.69 Å². The van der Waals surface area contributed by atoms with E-state index in [1.165, 1.54) is 12.3 Å². The van der Waals surface area contributed by atoms with Gasteiger partial charge in [-0.1, -0.05) is 17.7 Å². The van der Waals surface area contributed by atoms with E-state index < -0.39 is 5.97 Å². The van der Waals surface area contributed by atoms with Crippen molar-refractivity contribution in [2.75, 3.05) is 0 Å². The Balaban J connectivity index is 2.04. The maximum atomic E-state index is 12.1. The minimum Gasteiger partial charge on any atom is -0.477 e. The smallest absolute Gasteiger partial charge is 0.354 e. The molecular formula is C14H10BrClN2O3. The van der Waals surface area contributed by atoms with E-state index in [4.69, 9.17) is 16.7 Å². The largest absolute Gasteiger partial charge is 0.477 e. The second-order valence-electron chi connectivity index (χ2n) is 4.16. The molecule has 108 valence electrons. The number of rotatable bonds is 4. The predicted octanol–water partition coefficient (Wildman–Crippen LogP) is 3.13. The summed E-state index contributed by atoms with van der Waals surface area (Å²) in [5.41, 5.74) is 1.09. The zero-order chi connectivity index (χ0) is 15.4. The number of hydrogen-bond donors (Lipinski definition) is 2. The van der Waals surface area contributed by atoms with Gasteiger partial charge in [0.15, 0.2) is 0 Å². The summed E-state index contributed by atoms with van der Waals surface area (Å²) in [6, 6.07) is 7.92. The van der Waals surface area contributed by atoms with Crippen LogP contribution >= 0.6 is 27.5 Å². The molecule has 2 aromatic rings. The molecule has 2 N–H and O–H groups in total. The molecule has 0 bridgehead atoms. The molecule has 21 heavy (non-hydrogen) atoms. The minimum absolute atomic E-state index is 0.0392. The third kappa shape index (κ3) is 4.03. The number of carbonyl (C=O) groups is 2. The number of aromatic nitrogens is 1. The lowest BCUT2D eigenvalue weighted by Gasteiger charge is -2.07. The molecule has 0 unspecified atom stereocenters. The molecule has 1 amide bonds. The lowest BCUT2D eigenvalue weighted by molar-refractivity contribution is 0.0690. The van der Waals surface area contributed by atoms with Crippen molar-refractivity contribution in [1.29, 1.82) is 0 Å². The first kappa shape index (κ1) is 15.5. The summed E-state index contributed by atoms with van der Waals surface area (Å²) in [6.45, 7) is 0.241. The molecule has 1 aromatic carbocycles. The molecular weight excluding hydrogens is 360 g/mol. The Morgan fingerprint density at radius 2 is 2.05 bits per heavy atom. The van der Waals surface area contributed by atoms with E-state index in [2.05, 4.69) is 26.2 Å². The van der Waals surface area contributed by atoms with Crippen molar-refractivity contribution >= 4 is 39.4 Å². The number of nitrogens with one attached hydrogen (secondary N) is 1. The van der Waals surface area contributed by atoms with Crippen molar-refractivity contribution in [1.82, 2.24) is 10.3 Å². The van der Waals surface area contributed by atoms with Gasteiger partial charge in [-0.05, 0) is 45.8 Å². The van der Waals surface area contributed by atoms with Gasteiger partial charge in [-0.15, -0.1) is 0 Å². The van der Waals surface area contributed by atoms with Crippen molar-refractivity contribution in [3.05, 3.63) is 62.8 Å². The van der Waals surface area contributed by atoms with Crippen LogP contribution in [0.15, 0.2) is 41.0 Å². The highest BCUT2D eigenvalue weighted by molar-refractivity contribution is 9.10. The normalized spacial score (nSPS) is 10.2. The zero-order valence-electron chi connectivity index (χ0n) is 10.6. The molecule has 0 saturated carbocycles. The maximum absolute atomic E-state index is 12.1. The molecule has 1 aromatic heterocycles. The van der Waals surface area contributed by atoms with Crippen LogP contribution in [0.5, 0.6) is 0 Å². The van der Waals surface area contributed by atoms with Crippen LogP contribution in [-0.2, 0) is 6.54 Å². The Bertz CT molecular complexity index is 689. The highest BCUT2D eigenvalue weighted by atomic mass is 79.9. The zero-order valence-corrected chi connectivity index (χ0v) is 13.0. The van der Waals surface area contributed by atoms with E-state index >= 15 is 0 Å². The number of carboxylic acids is 1. The van der Waals surface area contributed by atoms with Gasteiger partial charge < -0.3 is 10.4 Å². The van der Waals surface area contributed by atoms with Crippen LogP contribution in [0.1, 0.15) is 26.4 Å². The van der Waals surface area contributed by atoms with Crippen molar-refractivity contribution in [2.45, 2.75) is 6.54 Å². The third-order valence-electron chi connectivity index (χ3n) is 2.67. The Morgan fingerprint density at radius 1 is 1.29 bits per heavy atom. The van der Waals surface area contributed by atoms with Crippen LogP contribution in [0.3, 0.4) is 0 Å². The van der Waals surface area contributed by atoms with Crippen LogP contribution in [0.25, 0.3) is 0 Å². The first-order valence-electron chi connectivity index (χ1n) is 5.89. The molecule has 5 nitrogen and oxygen atoms in total. The summed E-state index contributed by atoms with van der Waals surface area (Å²) in [5, 5.41) is 11.9. The SMILES string of the molecule is O=C(O)c1ccc(CNC(=O)c2cc(Cl)ccc2Br)cn1. The summed E-state index contributed by atoms with van der Waals surface area (Å²) < 4.78 is 0.642. The van der Waals surface area contributed by atoms with Crippen LogP contribution in [0.2, 0.25) is 5.02 Å². The number of pyridine rings is 1. The van der Waals surface area contributed by atoms with Crippen molar-refractivity contribution in [2.24, 2.45) is 0 Å². The monoisotopic (exact) mass is 368 g/mol. The molecule has 0 saturated heterocycles. The summed E-state index contributed by atoms with van der Waals surface area (Å²) >= 11 is 9.14. The van der Waals surface area contributed by atoms with Crippen LogP contribution in [0.4, 0.5) is 0 Å². The lowest BCUT2D eigenvalue weighted by Crippen LogP contribution is -2.23. The van der Waals surface area contributed by atoms with E-state index in [0.717, 1.165) is 0 Å². The average molecular weight is 370 g/mol. The first-order chi connectivity index (χ1) is 9.97. The standard InChI is InChI=1S/C14H10BrClN2O3/c15-11-3-2-9(16)5-10(11)13(19)18-7-8-1-4-12(14(20)21)17-6-8/h1-6H,7H2,(H,18,19)(H,20,21). The fraction of sp³-hybridized carbons (Fsp3) is 0.0714. The third-order valence-corrected chi connectivity index (χ3v) is 3.60. The van der Waals surface area contributed by atoms with Crippen LogP contribution < -0.4 is 5.32 Å². The number of hydrogen-bond acceptors (Lipinski definition) is 3. The molecule has 7 heteroatoms. The number of aromatic carboxylic acids is 1. The molecule has 2 rings (SSSR count). The van der Waals surface area contributed by atoms with Gasteiger partial charge in [-0.3, -0.25) is 4.79 Å². The van der Waals surface area contributed by atoms with Gasteiger partial charge in [-0.25, -0.2) is 9.78 Å². The van der Waals surface area contributed by atoms with Gasteiger partial charge in [-0.2, -0.15) is 0 Å². The van der Waals surface area contributed by atoms with E-state index in [-0.39, 0.29) is 18.1 Å². The molecule has 0 radical (unpaired) electrons. The van der Waals surface area contributed by atoms with Crippen molar-refractivity contribution in [3.63, 3.8) is 0 Å². The summed E-state index contributed by atoms with van der Waals surface area (Å²) in [6.07, 6.45) is 1.41. The summed E-state index contributed by atoms with van der Waals surface area (Å²) in [4.78, 5) is 26.5. The predicted molar refractivity (Wildman–Crippen MR) is 81.5 cm³/mol. The molecule has 0 fully saturated rings.